The lowest BCUT2D eigenvalue weighted by atomic mass is 10.2. The van der Waals surface area contributed by atoms with Gasteiger partial charge in [0.15, 0.2) is 0 Å². The number of halogens is 1. The number of aromatic nitrogens is 4. The molecule has 1 aromatic heterocycles. The van der Waals surface area contributed by atoms with E-state index in [0.29, 0.717) is 11.7 Å². The smallest absolute Gasteiger partial charge is 0.218 e. The first-order chi connectivity index (χ1) is 10.3. The van der Waals surface area contributed by atoms with E-state index >= 15 is 0 Å². The summed E-state index contributed by atoms with van der Waals surface area (Å²) in [6.07, 6.45) is 0. The van der Waals surface area contributed by atoms with Crippen LogP contribution in [-0.4, -0.2) is 20.2 Å². The minimum atomic E-state index is 0.519. The molecule has 0 radical (unpaired) electrons. The third-order valence-electron chi connectivity index (χ3n) is 2.87. The summed E-state index contributed by atoms with van der Waals surface area (Å²) in [7, 11) is 0. The second kappa shape index (κ2) is 6.38. The Bertz CT molecular complexity index is 744. The van der Waals surface area contributed by atoms with E-state index in [-0.39, 0.29) is 0 Å². The van der Waals surface area contributed by atoms with Crippen molar-refractivity contribution in [3.05, 3.63) is 58.6 Å². The van der Waals surface area contributed by atoms with Crippen LogP contribution < -0.4 is 5.73 Å². The Morgan fingerprint density at radius 1 is 1.14 bits per heavy atom. The summed E-state index contributed by atoms with van der Waals surface area (Å²) >= 11 is 5.06. The van der Waals surface area contributed by atoms with Gasteiger partial charge in [-0.3, -0.25) is 0 Å². The van der Waals surface area contributed by atoms with Crippen LogP contribution in [0, 0.1) is 0 Å². The Morgan fingerprint density at radius 2 is 1.95 bits per heavy atom. The number of para-hydroxylation sites is 1. The normalized spacial score (nSPS) is 10.8. The molecular weight excluding hydrogens is 350 g/mol. The maximum atomic E-state index is 5.64. The first-order valence-electron chi connectivity index (χ1n) is 6.28. The largest absolute Gasteiger partial charge is 0.326 e. The van der Waals surface area contributed by atoms with Crippen LogP contribution in [-0.2, 0) is 6.54 Å². The molecule has 0 aliphatic heterocycles. The summed E-state index contributed by atoms with van der Waals surface area (Å²) in [6, 6.07) is 15.8. The summed E-state index contributed by atoms with van der Waals surface area (Å²) in [4.78, 5) is 1.04. The SMILES string of the molecule is NCc1ccc(Sc2nnnn2-c2ccccc2)c(Br)c1. The molecule has 0 saturated heterocycles. The van der Waals surface area contributed by atoms with Gasteiger partial charge in [-0.25, -0.2) is 0 Å². The Hall–Kier alpha value is -1.70. The molecule has 3 rings (SSSR count). The quantitative estimate of drug-likeness (QED) is 0.773. The van der Waals surface area contributed by atoms with Gasteiger partial charge >= 0.3 is 0 Å². The van der Waals surface area contributed by atoms with Crippen LogP contribution in [0.25, 0.3) is 5.69 Å². The fourth-order valence-electron chi connectivity index (χ4n) is 1.83. The molecule has 1 heterocycles. The van der Waals surface area contributed by atoms with Crippen LogP contribution in [0.4, 0.5) is 0 Å². The van der Waals surface area contributed by atoms with Gasteiger partial charge in [0, 0.05) is 15.9 Å². The predicted octanol–water partition coefficient (Wildman–Crippen LogP) is 3.03. The fourth-order valence-corrected chi connectivity index (χ4v) is 3.29. The molecule has 0 aliphatic carbocycles. The molecular formula is C14H12BrN5S. The summed E-state index contributed by atoms with van der Waals surface area (Å²) in [6.45, 7) is 0.519. The molecule has 0 saturated carbocycles. The lowest BCUT2D eigenvalue weighted by Gasteiger charge is -2.06. The molecule has 0 fully saturated rings. The zero-order valence-electron chi connectivity index (χ0n) is 11.0. The minimum Gasteiger partial charge on any atom is -0.326 e. The van der Waals surface area contributed by atoms with E-state index in [1.165, 1.54) is 11.8 Å². The number of nitrogens with zero attached hydrogens (tertiary/aromatic N) is 4. The Balaban J connectivity index is 1.92. The molecule has 0 bridgehead atoms. The number of nitrogens with two attached hydrogens (primary N) is 1. The van der Waals surface area contributed by atoms with Gasteiger partial charge in [0.2, 0.25) is 5.16 Å². The molecule has 21 heavy (non-hydrogen) atoms. The average Bonchev–Trinajstić information content (AvgIpc) is 2.98. The van der Waals surface area contributed by atoms with Crippen molar-refractivity contribution in [1.29, 1.82) is 0 Å². The highest BCUT2D eigenvalue weighted by molar-refractivity contribution is 9.10. The molecule has 0 amide bonds. The van der Waals surface area contributed by atoms with E-state index in [0.717, 1.165) is 20.6 Å². The van der Waals surface area contributed by atoms with Gasteiger partial charge in [0.25, 0.3) is 0 Å². The Morgan fingerprint density at radius 3 is 2.67 bits per heavy atom. The minimum absolute atomic E-state index is 0.519. The maximum absolute atomic E-state index is 5.64. The van der Waals surface area contributed by atoms with E-state index < -0.39 is 0 Å². The van der Waals surface area contributed by atoms with Gasteiger partial charge in [0.05, 0.1) is 5.69 Å². The van der Waals surface area contributed by atoms with Crippen molar-refractivity contribution in [1.82, 2.24) is 20.2 Å². The molecule has 0 aliphatic rings. The van der Waals surface area contributed by atoms with Crippen LogP contribution in [0.15, 0.2) is 63.1 Å². The number of tetrazole rings is 1. The van der Waals surface area contributed by atoms with E-state index in [9.17, 15) is 0 Å². The average molecular weight is 362 g/mol. The second-order valence-electron chi connectivity index (χ2n) is 4.28. The molecule has 5 nitrogen and oxygen atoms in total. The van der Waals surface area contributed by atoms with Crippen molar-refractivity contribution >= 4 is 27.7 Å². The molecule has 2 N–H and O–H groups in total. The van der Waals surface area contributed by atoms with Crippen molar-refractivity contribution in [2.75, 3.05) is 0 Å². The highest BCUT2D eigenvalue weighted by Gasteiger charge is 2.12. The number of rotatable bonds is 4. The third-order valence-corrected chi connectivity index (χ3v) is 4.81. The van der Waals surface area contributed by atoms with E-state index in [4.69, 9.17) is 5.73 Å². The number of hydrogen-bond donors (Lipinski definition) is 1. The zero-order valence-corrected chi connectivity index (χ0v) is 13.4. The number of hydrogen-bond acceptors (Lipinski definition) is 5. The lowest BCUT2D eigenvalue weighted by Crippen LogP contribution is -1.99. The topological polar surface area (TPSA) is 69.6 Å². The van der Waals surface area contributed by atoms with Gasteiger partial charge in [-0.2, -0.15) is 4.68 Å². The van der Waals surface area contributed by atoms with Crippen LogP contribution >= 0.6 is 27.7 Å². The lowest BCUT2D eigenvalue weighted by molar-refractivity contribution is 0.756. The first-order valence-corrected chi connectivity index (χ1v) is 7.89. The van der Waals surface area contributed by atoms with Crippen molar-refractivity contribution < 1.29 is 0 Å². The van der Waals surface area contributed by atoms with Gasteiger partial charge < -0.3 is 5.73 Å². The van der Waals surface area contributed by atoms with Crippen LogP contribution in [0.2, 0.25) is 0 Å². The summed E-state index contributed by atoms with van der Waals surface area (Å²) < 4.78 is 2.70. The monoisotopic (exact) mass is 361 g/mol. The highest BCUT2D eigenvalue weighted by atomic mass is 79.9. The van der Waals surface area contributed by atoms with Crippen molar-refractivity contribution in [2.24, 2.45) is 5.73 Å². The van der Waals surface area contributed by atoms with E-state index in [1.54, 1.807) is 4.68 Å². The number of benzene rings is 2. The fraction of sp³-hybridized carbons (Fsp3) is 0.0714. The standard InChI is InChI=1S/C14H12BrN5S/c15-12-8-10(9-16)6-7-13(12)21-14-17-18-19-20(14)11-4-2-1-3-5-11/h1-8H,9,16H2. The van der Waals surface area contributed by atoms with Crippen molar-refractivity contribution in [2.45, 2.75) is 16.6 Å². The summed E-state index contributed by atoms with van der Waals surface area (Å²) in [5.41, 5.74) is 7.65. The van der Waals surface area contributed by atoms with Crippen molar-refractivity contribution in [3.63, 3.8) is 0 Å². The molecule has 0 spiro atoms. The maximum Gasteiger partial charge on any atom is 0.218 e. The molecule has 7 heteroatoms. The highest BCUT2D eigenvalue weighted by Crippen LogP contribution is 2.33. The van der Waals surface area contributed by atoms with Crippen LogP contribution in [0.3, 0.4) is 0 Å². The van der Waals surface area contributed by atoms with Gasteiger partial charge in [-0.15, -0.1) is 5.10 Å². The van der Waals surface area contributed by atoms with Gasteiger partial charge in [-0.1, -0.05) is 24.3 Å². The zero-order chi connectivity index (χ0) is 14.7. The Labute approximate surface area is 134 Å². The van der Waals surface area contributed by atoms with Gasteiger partial charge in [0.1, 0.15) is 0 Å². The molecule has 0 atom stereocenters. The molecule has 2 aromatic carbocycles. The van der Waals surface area contributed by atoms with Crippen LogP contribution in [0.1, 0.15) is 5.56 Å². The second-order valence-corrected chi connectivity index (χ2v) is 6.14. The van der Waals surface area contributed by atoms with Crippen LogP contribution in [0.5, 0.6) is 0 Å². The van der Waals surface area contributed by atoms with Crippen molar-refractivity contribution in [3.8, 4) is 5.69 Å². The molecule has 106 valence electrons. The predicted molar refractivity (Wildman–Crippen MR) is 85.3 cm³/mol. The molecule has 0 unspecified atom stereocenters. The van der Waals surface area contributed by atoms with E-state index in [1.807, 2.05) is 48.5 Å². The molecule has 3 aromatic rings. The third kappa shape index (κ3) is 3.15. The summed E-state index contributed by atoms with van der Waals surface area (Å²) in [5.74, 6) is 0. The van der Waals surface area contributed by atoms with Gasteiger partial charge in [-0.05, 0) is 67.9 Å². The summed E-state index contributed by atoms with van der Waals surface area (Å²) in [5, 5.41) is 12.6. The van der Waals surface area contributed by atoms with E-state index in [2.05, 4.69) is 31.5 Å². The first kappa shape index (κ1) is 14.2. The Kier molecular flexibility index (Phi) is 4.33.